The van der Waals surface area contributed by atoms with Crippen LogP contribution in [0, 0.1) is 5.82 Å². The number of halogens is 1. The van der Waals surface area contributed by atoms with Gasteiger partial charge in [0.2, 0.25) is 10.0 Å². The van der Waals surface area contributed by atoms with Crippen molar-refractivity contribution in [3.05, 3.63) is 42.1 Å². The van der Waals surface area contributed by atoms with Crippen LogP contribution in [0.4, 0.5) is 4.39 Å². The summed E-state index contributed by atoms with van der Waals surface area (Å²) in [6.07, 6.45) is 4.89. The molecular formula is C20H25FN4O2S. The first-order valence-corrected chi connectivity index (χ1v) is 11.4. The van der Waals surface area contributed by atoms with E-state index in [9.17, 15) is 12.8 Å². The minimum Gasteiger partial charge on any atom is -0.325 e. The third-order valence-corrected chi connectivity index (χ3v) is 9.04. The number of hydrogen-bond donors (Lipinski definition) is 0. The lowest BCUT2D eigenvalue weighted by Crippen LogP contribution is -2.57. The summed E-state index contributed by atoms with van der Waals surface area (Å²) in [5.41, 5.74) is 1.49. The monoisotopic (exact) mass is 404 g/mol. The van der Waals surface area contributed by atoms with Crippen LogP contribution >= 0.6 is 0 Å². The number of benzene rings is 1. The Morgan fingerprint density at radius 3 is 2.57 bits per heavy atom. The second-order valence-electron chi connectivity index (χ2n) is 8.23. The zero-order chi connectivity index (χ0) is 19.5. The molecule has 0 atom stereocenters. The minimum absolute atomic E-state index is 0.160. The summed E-state index contributed by atoms with van der Waals surface area (Å²) in [4.78, 5) is 7.08. The van der Waals surface area contributed by atoms with Gasteiger partial charge in [0.05, 0.1) is 22.7 Å². The fourth-order valence-corrected chi connectivity index (χ4v) is 6.62. The van der Waals surface area contributed by atoms with Crippen LogP contribution in [0.5, 0.6) is 0 Å². The molecule has 0 N–H and O–H groups in total. The number of imidazole rings is 1. The van der Waals surface area contributed by atoms with Crippen LogP contribution in [0.25, 0.3) is 11.3 Å². The van der Waals surface area contributed by atoms with Gasteiger partial charge in [0, 0.05) is 31.7 Å². The highest BCUT2D eigenvalue weighted by Crippen LogP contribution is 2.43. The van der Waals surface area contributed by atoms with Crippen molar-refractivity contribution in [2.75, 3.05) is 26.7 Å². The van der Waals surface area contributed by atoms with Crippen LogP contribution < -0.4 is 0 Å². The van der Waals surface area contributed by atoms with E-state index < -0.39 is 10.0 Å². The number of piperidine rings is 1. The highest BCUT2D eigenvalue weighted by molar-refractivity contribution is 7.90. The van der Waals surface area contributed by atoms with Gasteiger partial charge in [0.1, 0.15) is 11.6 Å². The number of hydrogen-bond acceptors (Lipinski definition) is 4. The molecule has 1 saturated heterocycles. The van der Waals surface area contributed by atoms with Gasteiger partial charge in [-0.05, 0) is 44.9 Å². The minimum atomic E-state index is -3.14. The third-order valence-electron chi connectivity index (χ3n) is 6.64. The van der Waals surface area contributed by atoms with E-state index in [2.05, 4.69) is 16.5 Å². The molecule has 2 fully saturated rings. The quantitative estimate of drug-likeness (QED) is 0.788. The molecule has 0 bridgehead atoms. The van der Waals surface area contributed by atoms with Gasteiger partial charge in [0.25, 0.3) is 0 Å². The van der Waals surface area contributed by atoms with E-state index in [-0.39, 0.29) is 16.6 Å². The molecule has 2 aliphatic heterocycles. The van der Waals surface area contributed by atoms with Crippen LogP contribution in [0.1, 0.15) is 31.5 Å². The van der Waals surface area contributed by atoms with Crippen molar-refractivity contribution >= 4 is 10.0 Å². The van der Waals surface area contributed by atoms with Gasteiger partial charge in [-0.1, -0.05) is 12.1 Å². The SMILES string of the molecule is CN1CCn2c(-c3cccc(F)c3)cnc2C12CCN(S(=O)(=O)C1CC1)CC2. The summed E-state index contributed by atoms with van der Waals surface area (Å²) >= 11 is 0. The number of rotatable bonds is 3. The first-order chi connectivity index (χ1) is 13.4. The maximum absolute atomic E-state index is 13.7. The van der Waals surface area contributed by atoms with E-state index in [1.54, 1.807) is 16.4 Å². The fourth-order valence-electron chi connectivity index (χ4n) is 4.78. The summed E-state index contributed by atoms with van der Waals surface area (Å²) in [5.74, 6) is 0.721. The lowest BCUT2D eigenvalue weighted by molar-refractivity contribution is 0.0274. The predicted molar refractivity (Wildman–Crippen MR) is 105 cm³/mol. The van der Waals surface area contributed by atoms with Gasteiger partial charge in [-0.25, -0.2) is 22.1 Å². The topological polar surface area (TPSA) is 58.4 Å². The Bertz CT molecular complexity index is 1010. The zero-order valence-electron chi connectivity index (χ0n) is 16.0. The van der Waals surface area contributed by atoms with Gasteiger partial charge in [-0.15, -0.1) is 0 Å². The largest absolute Gasteiger partial charge is 0.325 e. The molecule has 2 aromatic rings. The Morgan fingerprint density at radius 1 is 1.14 bits per heavy atom. The number of sulfonamides is 1. The van der Waals surface area contributed by atoms with Crippen LogP contribution in [0.2, 0.25) is 0 Å². The molecule has 150 valence electrons. The average Bonchev–Trinajstić information content (AvgIpc) is 3.46. The van der Waals surface area contributed by atoms with E-state index in [4.69, 9.17) is 4.98 Å². The number of nitrogens with zero attached hydrogens (tertiary/aromatic N) is 4. The Kier molecular flexibility index (Phi) is 4.16. The molecule has 0 amide bonds. The lowest BCUT2D eigenvalue weighted by atomic mass is 9.84. The van der Waals surface area contributed by atoms with Crippen LogP contribution in [-0.2, 0) is 22.1 Å². The fraction of sp³-hybridized carbons (Fsp3) is 0.550. The van der Waals surface area contributed by atoms with Crippen molar-refractivity contribution in [3.63, 3.8) is 0 Å². The molecule has 5 rings (SSSR count). The molecule has 1 aromatic carbocycles. The average molecular weight is 405 g/mol. The molecule has 28 heavy (non-hydrogen) atoms. The zero-order valence-corrected chi connectivity index (χ0v) is 16.8. The second kappa shape index (κ2) is 6.37. The summed E-state index contributed by atoms with van der Waals surface area (Å²) in [5, 5.41) is -0.160. The highest BCUT2D eigenvalue weighted by Gasteiger charge is 2.49. The second-order valence-corrected chi connectivity index (χ2v) is 10.4. The van der Waals surface area contributed by atoms with Crippen LogP contribution in [-0.4, -0.2) is 59.1 Å². The van der Waals surface area contributed by atoms with Crippen molar-refractivity contribution in [2.45, 2.75) is 43.0 Å². The molecule has 1 saturated carbocycles. The van der Waals surface area contributed by atoms with Crippen molar-refractivity contribution in [1.82, 2.24) is 18.8 Å². The Balaban J connectivity index is 1.48. The number of likely N-dealkylation sites (N-methyl/N-ethyl adjacent to an activating group) is 1. The van der Waals surface area contributed by atoms with Crippen molar-refractivity contribution < 1.29 is 12.8 Å². The van der Waals surface area contributed by atoms with Crippen LogP contribution in [0.3, 0.4) is 0 Å². The molecule has 3 heterocycles. The smallest absolute Gasteiger partial charge is 0.216 e. The van der Waals surface area contributed by atoms with Crippen molar-refractivity contribution in [3.8, 4) is 11.3 Å². The van der Waals surface area contributed by atoms with E-state index in [1.807, 2.05) is 12.3 Å². The molecule has 1 aliphatic carbocycles. The molecule has 0 radical (unpaired) electrons. The summed E-state index contributed by atoms with van der Waals surface area (Å²) in [7, 11) is -1.03. The van der Waals surface area contributed by atoms with Gasteiger partial charge in [0.15, 0.2) is 0 Å². The first-order valence-electron chi connectivity index (χ1n) is 9.94. The van der Waals surface area contributed by atoms with E-state index >= 15 is 0 Å². The van der Waals surface area contributed by atoms with Crippen LogP contribution in [0.15, 0.2) is 30.5 Å². The highest BCUT2D eigenvalue weighted by atomic mass is 32.2. The summed E-state index contributed by atoms with van der Waals surface area (Å²) in [6, 6.07) is 6.61. The molecule has 6 nitrogen and oxygen atoms in total. The van der Waals surface area contributed by atoms with E-state index in [0.717, 1.165) is 55.9 Å². The van der Waals surface area contributed by atoms with Gasteiger partial charge < -0.3 is 4.57 Å². The first kappa shape index (κ1) is 18.3. The summed E-state index contributed by atoms with van der Waals surface area (Å²) < 4.78 is 42.8. The predicted octanol–water partition coefficient (Wildman–Crippen LogP) is 2.42. The Labute approximate surface area is 165 Å². The maximum atomic E-state index is 13.7. The van der Waals surface area contributed by atoms with Gasteiger partial charge in [-0.3, -0.25) is 4.90 Å². The molecule has 8 heteroatoms. The molecule has 3 aliphatic rings. The van der Waals surface area contributed by atoms with Crippen molar-refractivity contribution in [1.29, 1.82) is 0 Å². The maximum Gasteiger partial charge on any atom is 0.216 e. The standard InChI is InChI=1S/C20H25FN4O2S/c1-23-11-12-25-18(15-3-2-4-16(21)13-15)14-22-19(25)20(23)7-9-24(10-8-20)28(26,27)17-5-6-17/h2-4,13-14,17H,5-12H2,1H3. The molecular weight excluding hydrogens is 379 g/mol. The van der Waals surface area contributed by atoms with Gasteiger partial charge >= 0.3 is 0 Å². The number of fused-ring (bicyclic) bond motifs is 2. The number of aromatic nitrogens is 2. The molecule has 1 spiro atoms. The lowest BCUT2D eigenvalue weighted by Gasteiger charge is -2.49. The molecule has 0 unspecified atom stereocenters. The van der Waals surface area contributed by atoms with E-state index in [0.29, 0.717) is 13.1 Å². The Hall–Kier alpha value is -1.77. The third kappa shape index (κ3) is 2.73. The van der Waals surface area contributed by atoms with Gasteiger partial charge in [-0.2, -0.15) is 0 Å². The molecule has 1 aromatic heterocycles. The van der Waals surface area contributed by atoms with Crippen molar-refractivity contribution in [2.24, 2.45) is 0 Å². The van der Waals surface area contributed by atoms with E-state index in [1.165, 1.54) is 6.07 Å². The Morgan fingerprint density at radius 2 is 1.89 bits per heavy atom. The summed E-state index contributed by atoms with van der Waals surface area (Å²) in [6.45, 7) is 2.72. The normalized spacial score (nSPS) is 23.1.